The lowest BCUT2D eigenvalue weighted by atomic mass is 9.73. The summed E-state index contributed by atoms with van der Waals surface area (Å²) in [7, 11) is 1.61. The summed E-state index contributed by atoms with van der Waals surface area (Å²) < 4.78 is 34.6. The summed E-state index contributed by atoms with van der Waals surface area (Å²) in [6.45, 7) is 6.23. The molecule has 0 saturated carbocycles. The highest BCUT2D eigenvalue weighted by molar-refractivity contribution is 8.15. The van der Waals surface area contributed by atoms with Gasteiger partial charge in [0.05, 0.1) is 24.5 Å². The van der Waals surface area contributed by atoms with E-state index in [2.05, 4.69) is 15.0 Å². The van der Waals surface area contributed by atoms with Crippen LogP contribution in [0.4, 0.5) is 8.78 Å². The van der Waals surface area contributed by atoms with Crippen LogP contribution in [0.15, 0.2) is 35.6 Å². The van der Waals surface area contributed by atoms with Crippen LogP contribution in [0.2, 0.25) is 0 Å². The van der Waals surface area contributed by atoms with E-state index in [0.29, 0.717) is 22.9 Å². The van der Waals surface area contributed by atoms with Gasteiger partial charge in [0.2, 0.25) is 0 Å². The lowest BCUT2D eigenvalue weighted by Gasteiger charge is -2.47. The minimum absolute atomic E-state index is 0.0199. The second-order valence-electron chi connectivity index (χ2n) is 7.80. The van der Waals surface area contributed by atoms with Crippen LogP contribution in [0.5, 0.6) is 0 Å². The van der Waals surface area contributed by atoms with Crippen LogP contribution < -0.4 is 5.73 Å². The molecule has 3 atom stereocenters. The third kappa shape index (κ3) is 4.45. The molecule has 1 aliphatic rings. The molecule has 9 heteroatoms. The number of methoxy groups -OCH3 is 1. The van der Waals surface area contributed by atoms with E-state index >= 15 is 0 Å². The number of thioether (sulfide) groups is 1. The zero-order chi connectivity index (χ0) is 22.8. The van der Waals surface area contributed by atoms with E-state index in [1.807, 2.05) is 26.8 Å². The minimum Gasteiger partial charge on any atom is -0.383 e. The van der Waals surface area contributed by atoms with Crippen LogP contribution in [0.1, 0.15) is 43.3 Å². The zero-order valence-corrected chi connectivity index (χ0v) is 18.5. The van der Waals surface area contributed by atoms with E-state index in [1.165, 1.54) is 42.4 Å². The van der Waals surface area contributed by atoms with Gasteiger partial charge in [0.25, 0.3) is 0 Å². The van der Waals surface area contributed by atoms with Crippen molar-refractivity contribution in [3.63, 3.8) is 0 Å². The number of aromatic nitrogens is 2. The van der Waals surface area contributed by atoms with Crippen molar-refractivity contribution < 1.29 is 13.5 Å². The Morgan fingerprint density at radius 2 is 2.10 bits per heavy atom. The molecule has 0 unspecified atom stereocenters. The fourth-order valence-corrected chi connectivity index (χ4v) is 5.05. The smallest absolute Gasteiger partial charge is 0.158 e. The van der Waals surface area contributed by atoms with Gasteiger partial charge in [-0.25, -0.2) is 18.7 Å². The Bertz CT molecular complexity index is 1080. The molecule has 0 aliphatic carbocycles. The summed E-state index contributed by atoms with van der Waals surface area (Å²) in [4.78, 5) is 12.3. The Morgan fingerprint density at radius 3 is 2.71 bits per heavy atom. The number of nitrogens with zero attached hydrogens (tertiary/aromatic N) is 4. The lowest BCUT2D eigenvalue weighted by Crippen LogP contribution is -2.50. The van der Waals surface area contributed by atoms with Crippen LogP contribution in [0.25, 0.3) is 11.9 Å². The van der Waals surface area contributed by atoms with Gasteiger partial charge in [-0.15, -0.1) is 0 Å². The molecular formula is C22H23F2N5OS. The van der Waals surface area contributed by atoms with E-state index in [9.17, 15) is 8.78 Å². The van der Waals surface area contributed by atoms with Crippen molar-refractivity contribution in [2.45, 2.75) is 31.1 Å². The number of halogens is 2. The fraction of sp³-hybridized carbons (Fsp3) is 0.364. The van der Waals surface area contributed by atoms with E-state index in [-0.39, 0.29) is 17.3 Å². The first-order valence-corrected chi connectivity index (χ1v) is 10.4. The van der Waals surface area contributed by atoms with Crippen molar-refractivity contribution in [3.8, 4) is 6.07 Å². The molecule has 0 spiro atoms. The molecule has 1 aromatic heterocycles. The third-order valence-corrected chi connectivity index (χ3v) is 6.95. The highest BCUT2D eigenvalue weighted by atomic mass is 32.2. The van der Waals surface area contributed by atoms with Crippen molar-refractivity contribution in [1.82, 2.24) is 9.97 Å². The highest BCUT2D eigenvalue weighted by Gasteiger charge is 2.50. The molecule has 2 heterocycles. The molecule has 2 N–H and O–H groups in total. The first-order chi connectivity index (χ1) is 14.6. The summed E-state index contributed by atoms with van der Waals surface area (Å²) in [5.41, 5.74) is 5.96. The van der Waals surface area contributed by atoms with E-state index < -0.39 is 21.9 Å². The minimum atomic E-state index is -0.971. The quantitative estimate of drug-likeness (QED) is 0.741. The predicted octanol–water partition coefficient (Wildman–Crippen LogP) is 4.27. The SMILES string of the molecule is COC[C@@]1(C)SC(N)=N[C@](C)(c2cc(/C=C(\F)c3cnc(C#N)cn3)ccc2F)[C@@H]1C. The highest BCUT2D eigenvalue weighted by Crippen LogP contribution is 2.50. The van der Waals surface area contributed by atoms with Crippen LogP contribution in [0, 0.1) is 23.1 Å². The van der Waals surface area contributed by atoms with Gasteiger partial charge in [-0.2, -0.15) is 5.26 Å². The topological polar surface area (TPSA) is 97.2 Å². The monoisotopic (exact) mass is 443 g/mol. The molecule has 0 saturated heterocycles. The molecule has 1 aromatic carbocycles. The van der Waals surface area contributed by atoms with Crippen molar-refractivity contribution in [1.29, 1.82) is 5.26 Å². The van der Waals surface area contributed by atoms with Crippen LogP contribution in [-0.4, -0.2) is 33.6 Å². The standard InChI is InChI=1S/C22H23F2N5OS/c1-13-21(2,12-30-4)31-20(26)29-22(13,3)16-7-14(5-6-17(16)23)8-18(24)19-11-27-15(9-25)10-28-19/h5-8,10-11,13H,12H2,1-4H3,(H2,26,29)/b18-8-/t13-,21-,22+/m1/s1. The van der Waals surface area contributed by atoms with Crippen LogP contribution in [-0.2, 0) is 10.3 Å². The van der Waals surface area contributed by atoms with Crippen LogP contribution in [0.3, 0.4) is 0 Å². The number of rotatable bonds is 5. The maximum Gasteiger partial charge on any atom is 0.158 e. The number of ether oxygens (including phenoxy) is 1. The molecular weight excluding hydrogens is 420 g/mol. The predicted molar refractivity (Wildman–Crippen MR) is 118 cm³/mol. The van der Waals surface area contributed by atoms with Gasteiger partial charge in [-0.1, -0.05) is 24.8 Å². The average Bonchev–Trinajstić information content (AvgIpc) is 2.73. The van der Waals surface area contributed by atoms with Gasteiger partial charge < -0.3 is 10.5 Å². The first kappa shape index (κ1) is 22.8. The Balaban J connectivity index is 2.04. The van der Waals surface area contributed by atoms with Gasteiger partial charge in [-0.05, 0) is 37.6 Å². The average molecular weight is 444 g/mol. The summed E-state index contributed by atoms with van der Waals surface area (Å²) in [5.74, 6) is -1.24. The molecule has 0 radical (unpaired) electrons. The number of aliphatic imine (C=N–C) groups is 1. The van der Waals surface area contributed by atoms with Crippen molar-refractivity contribution >= 4 is 28.8 Å². The maximum atomic E-state index is 15.0. The fourth-order valence-electron chi connectivity index (χ4n) is 3.75. The number of amidine groups is 1. The molecule has 6 nitrogen and oxygen atoms in total. The third-order valence-electron chi connectivity index (χ3n) is 5.71. The second-order valence-corrected chi connectivity index (χ2v) is 9.35. The number of hydrogen-bond donors (Lipinski definition) is 1. The zero-order valence-electron chi connectivity index (χ0n) is 17.7. The second kappa shape index (κ2) is 8.73. The Morgan fingerprint density at radius 1 is 1.35 bits per heavy atom. The van der Waals surface area contributed by atoms with Gasteiger partial charge in [0.1, 0.15) is 17.6 Å². The van der Waals surface area contributed by atoms with E-state index in [4.69, 9.17) is 15.7 Å². The first-order valence-electron chi connectivity index (χ1n) is 9.56. The Kier molecular flexibility index (Phi) is 6.43. The molecule has 0 fully saturated rings. The molecule has 0 bridgehead atoms. The van der Waals surface area contributed by atoms with Crippen LogP contribution >= 0.6 is 11.8 Å². The van der Waals surface area contributed by atoms with Gasteiger partial charge in [0.15, 0.2) is 16.7 Å². The van der Waals surface area contributed by atoms with E-state index in [1.54, 1.807) is 13.2 Å². The summed E-state index contributed by atoms with van der Waals surface area (Å²) in [6.07, 6.45) is 3.61. The van der Waals surface area contributed by atoms with Crippen molar-refractivity contribution in [2.24, 2.45) is 16.6 Å². The van der Waals surface area contributed by atoms with E-state index in [0.717, 1.165) is 0 Å². The maximum absolute atomic E-state index is 15.0. The molecule has 0 amide bonds. The molecule has 162 valence electrons. The largest absolute Gasteiger partial charge is 0.383 e. The Hall–Kier alpha value is -2.83. The number of hydrogen-bond acceptors (Lipinski definition) is 7. The molecule has 31 heavy (non-hydrogen) atoms. The molecule has 3 rings (SSSR count). The number of benzene rings is 1. The normalized spacial score (nSPS) is 26.3. The van der Waals surface area contributed by atoms with Gasteiger partial charge >= 0.3 is 0 Å². The molecule has 1 aliphatic heterocycles. The van der Waals surface area contributed by atoms with Gasteiger partial charge in [-0.3, -0.25) is 4.99 Å². The summed E-state index contributed by atoms with van der Waals surface area (Å²) in [5, 5.41) is 9.14. The lowest BCUT2D eigenvalue weighted by molar-refractivity contribution is 0.124. The molecule has 2 aromatic rings. The number of nitrogens with two attached hydrogens (primary N) is 1. The summed E-state index contributed by atoms with van der Waals surface area (Å²) >= 11 is 1.41. The number of nitriles is 1. The Labute approximate surface area is 184 Å². The van der Waals surface area contributed by atoms with Crippen molar-refractivity contribution in [3.05, 3.63) is 58.9 Å². The van der Waals surface area contributed by atoms with Gasteiger partial charge in [0, 0.05) is 23.3 Å². The van der Waals surface area contributed by atoms with Crippen molar-refractivity contribution in [2.75, 3.05) is 13.7 Å². The summed E-state index contributed by atoms with van der Waals surface area (Å²) in [6, 6.07) is 6.17.